The molecule has 0 spiro atoms. The minimum Gasteiger partial charge on any atom is -0.341 e. The van der Waals surface area contributed by atoms with Crippen LogP contribution in [0.1, 0.15) is 20.3 Å². The van der Waals surface area contributed by atoms with E-state index in [9.17, 15) is 13.2 Å². The highest BCUT2D eigenvalue weighted by Crippen LogP contribution is 2.28. The van der Waals surface area contributed by atoms with Crippen molar-refractivity contribution >= 4 is 27.5 Å². The molecule has 0 bridgehead atoms. The Morgan fingerprint density at radius 2 is 2.04 bits per heavy atom. The number of rotatable bonds is 5. The predicted molar refractivity (Wildman–Crippen MR) is 89.6 cm³/mol. The van der Waals surface area contributed by atoms with E-state index >= 15 is 0 Å². The molecule has 1 fully saturated rings. The number of amides is 1. The van der Waals surface area contributed by atoms with Crippen molar-refractivity contribution in [3.05, 3.63) is 29.3 Å². The maximum Gasteiger partial charge on any atom is 0.241 e. The third-order valence-electron chi connectivity index (χ3n) is 4.19. The van der Waals surface area contributed by atoms with E-state index in [-0.39, 0.29) is 16.2 Å². The molecule has 1 aliphatic rings. The van der Waals surface area contributed by atoms with E-state index in [1.54, 1.807) is 11.8 Å². The van der Waals surface area contributed by atoms with Gasteiger partial charge in [0.1, 0.15) is 0 Å². The first kappa shape index (κ1) is 18.2. The molecule has 1 saturated heterocycles. The van der Waals surface area contributed by atoms with Crippen molar-refractivity contribution in [1.82, 2.24) is 9.62 Å². The van der Waals surface area contributed by atoms with Gasteiger partial charge in [-0.1, -0.05) is 18.5 Å². The van der Waals surface area contributed by atoms with Crippen LogP contribution in [-0.4, -0.2) is 44.9 Å². The molecule has 2 unspecified atom stereocenters. The van der Waals surface area contributed by atoms with Crippen molar-refractivity contribution in [2.75, 3.05) is 19.6 Å². The first-order chi connectivity index (χ1) is 10.7. The van der Waals surface area contributed by atoms with E-state index in [4.69, 9.17) is 17.3 Å². The second kappa shape index (κ2) is 6.76. The van der Waals surface area contributed by atoms with Gasteiger partial charge >= 0.3 is 0 Å². The first-order valence-corrected chi connectivity index (χ1v) is 9.30. The number of nitrogens with two attached hydrogens (primary N) is 1. The SMILES string of the molecule is CC(NS(=O)(=O)c1ccc(Cl)cc1)C(=O)N1CCC(C)(CN)C1. The molecule has 0 aliphatic carbocycles. The van der Waals surface area contributed by atoms with Crippen LogP contribution in [0.25, 0.3) is 0 Å². The summed E-state index contributed by atoms with van der Waals surface area (Å²) in [6.45, 7) is 5.23. The van der Waals surface area contributed by atoms with E-state index < -0.39 is 16.1 Å². The summed E-state index contributed by atoms with van der Waals surface area (Å²) >= 11 is 5.76. The number of hydrogen-bond donors (Lipinski definition) is 2. The molecule has 0 aromatic heterocycles. The standard InChI is InChI=1S/C15H22ClN3O3S/c1-11(14(20)19-8-7-15(2,9-17)10-19)18-23(21,22)13-5-3-12(16)4-6-13/h3-6,11,18H,7-10,17H2,1-2H3. The van der Waals surface area contributed by atoms with Gasteiger partial charge in [0.2, 0.25) is 15.9 Å². The summed E-state index contributed by atoms with van der Waals surface area (Å²) in [6.07, 6.45) is 0.825. The summed E-state index contributed by atoms with van der Waals surface area (Å²) in [5.74, 6) is -0.236. The summed E-state index contributed by atoms with van der Waals surface area (Å²) in [6, 6.07) is 4.97. The Morgan fingerprint density at radius 1 is 1.43 bits per heavy atom. The molecule has 0 saturated carbocycles. The highest BCUT2D eigenvalue weighted by Gasteiger charge is 2.37. The van der Waals surface area contributed by atoms with Crippen molar-refractivity contribution in [3.8, 4) is 0 Å². The fraction of sp³-hybridized carbons (Fsp3) is 0.533. The topological polar surface area (TPSA) is 92.5 Å². The maximum absolute atomic E-state index is 12.4. The lowest BCUT2D eigenvalue weighted by atomic mass is 9.90. The molecule has 1 aliphatic heterocycles. The van der Waals surface area contributed by atoms with Crippen LogP contribution in [0.15, 0.2) is 29.2 Å². The summed E-state index contributed by atoms with van der Waals surface area (Å²) in [5.41, 5.74) is 5.64. The number of halogens is 1. The Kier molecular flexibility index (Phi) is 5.35. The predicted octanol–water partition coefficient (Wildman–Crippen LogP) is 1.20. The van der Waals surface area contributed by atoms with Crippen LogP contribution < -0.4 is 10.5 Å². The largest absolute Gasteiger partial charge is 0.341 e. The molecular weight excluding hydrogens is 338 g/mol. The lowest BCUT2D eigenvalue weighted by Gasteiger charge is -2.25. The Hall–Kier alpha value is -1.15. The Balaban J connectivity index is 2.05. The van der Waals surface area contributed by atoms with Gasteiger partial charge in [-0.2, -0.15) is 4.72 Å². The summed E-state index contributed by atoms with van der Waals surface area (Å²) < 4.78 is 27.0. The minimum atomic E-state index is -3.77. The second-order valence-electron chi connectivity index (χ2n) is 6.32. The van der Waals surface area contributed by atoms with Crippen molar-refractivity contribution in [1.29, 1.82) is 0 Å². The molecule has 1 aromatic rings. The molecule has 0 radical (unpaired) electrons. The number of nitrogens with one attached hydrogen (secondary N) is 1. The monoisotopic (exact) mass is 359 g/mol. The number of nitrogens with zero attached hydrogens (tertiary/aromatic N) is 1. The molecule has 2 atom stereocenters. The number of sulfonamides is 1. The first-order valence-electron chi connectivity index (χ1n) is 7.44. The minimum absolute atomic E-state index is 0.0785. The number of likely N-dealkylation sites (tertiary alicyclic amines) is 1. The van der Waals surface area contributed by atoms with Crippen molar-refractivity contribution in [3.63, 3.8) is 0 Å². The van der Waals surface area contributed by atoms with E-state index in [0.717, 1.165) is 6.42 Å². The number of hydrogen-bond acceptors (Lipinski definition) is 4. The lowest BCUT2D eigenvalue weighted by molar-refractivity contribution is -0.131. The van der Waals surface area contributed by atoms with Crippen LogP contribution in [0.4, 0.5) is 0 Å². The highest BCUT2D eigenvalue weighted by atomic mass is 35.5. The molecule has 1 heterocycles. The van der Waals surface area contributed by atoms with Gasteiger partial charge in [-0.3, -0.25) is 4.79 Å². The average Bonchev–Trinajstić information content (AvgIpc) is 2.89. The fourth-order valence-corrected chi connectivity index (χ4v) is 3.94. The van der Waals surface area contributed by atoms with Crippen LogP contribution >= 0.6 is 11.6 Å². The van der Waals surface area contributed by atoms with Gasteiger partial charge in [-0.25, -0.2) is 8.42 Å². The van der Waals surface area contributed by atoms with Gasteiger partial charge in [-0.15, -0.1) is 0 Å². The second-order valence-corrected chi connectivity index (χ2v) is 8.47. The van der Waals surface area contributed by atoms with Gasteiger partial charge < -0.3 is 10.6 Å². The van der Waals surface area contributed by atoms with Gasteiger partial charge in [0, 0.05) is 18.1 Å². The normalized spacial score (nSPS) is 23.0. The molecule has 1 aromatic carbocycles. The van der Waals surface area contributed by atoms with Crippen LogP contribution in [0, 0.1) is 5.41 Å². The summed E-state index contributed by atoms with van der Waals surface area (Å²) in [7, 11) is -3.77. The van der Waals surface area contributed by atoms with Crippen LogP contribution in [0.3, 0.4) is 0 Å². The number of carbonyl (C=O) groups is 1. The molecule has 3 N–H and O–H groups in total. The van der Waals surface area contributed by atoms with E-state index in [1.807, 2.05) is 6.92 Å². The Morgan fingerprint density at radius 3 is 2.57 bits per heavy atom. The van der Waals surface area contributed by atoms with Gasteiger partial charge in [0.15, 0.2) is 0 Å². The zero-order valence-corrected chi connectivity index (χ0v) is 14.8. The molecule has 23 heavy (non-hydrogen) atoms. The van der Waals surface area contributed by atoms with Crippen molar-refractivity contribution in [2.45, 2.75) is 31.2 Å². The third-order valence-corrected chi connectivity index (χ3v) is 6.00. The lowest BCUT2D eigenvalue weighted by Crippen LogP contribution is -2.46. The molecule has 6 nitrogen and oxygen atoms in total. The highest BCUT2D eigenvalue weighted by molar-refractivity contribution is 7.89. The number of carbonyl (C=O) groups excluding carboxylic acids is 1. The fourth-order valence-electron chi connectivity index (χ4n) is 2.62. The summed E-state index contributed by atoms with van der Waals surface area (Å²) in [5, 5.41) is 0.450. The van der Waals surface area contributed by atoms with Gasteiger partial charge in [-0.05, 0) is 49.6 Å². The van der Waals surface area contributed by atoms with Crippen molar-refractivity contribution in [2.24, 2.45) is 11.1 Å². The smallest absolute Gasteiger partial charge is 0.241 e. The maximum atomic E-state index is 12.4. The molecule has 2 rings (SSSR count). The zero-order chi connectivity index (χ0) is 17.3. The Bertz CT molecular complexity index is 678. The molecule has 8 heteroatoms. The average molecular weight is 360 g/mol. The van der Waals surface area contributed by atoms with Crippen molar-refractivity contribution < 1.29 is 13.2 Å². The van der Waals surface area contributed by atoms with Crippen LogP contribution in [-0.2, 0) is 14.8 Å². The molecule has 1 amide bonds. The molecule has 128 valence electrons. The number of benzene rings is 1. The zero-order valence-electron chi connectivity index (χ0n) is 13.3. The molecular formula is C15H22ClN3O3S. The quantitative estimate of drug-likeness (QED) is 0.826. The van der Waals surface area contributed by atoms with E-state index in [2.05, 4.69) is 4.72 Å². The van der Waals surface area contributed by atoms with Gasteiger partial charge in [0.05, 0.1) is 10.9 Å². The van der Waals surface area contributed by atoms with E-state index in [1.165, 1.54) is 24.3 Å². The van der Waals surface area contributed by atoms with E-state index in [0.29, 0.717) is 24.7 Å². The van der Waals surface area contributed by atoms with Crippen LogP contribution in [0.2, 0.25) is 5.02 Å². The Labute approximate surface area is 142 Å². The third kappa shape index (κ3) is 4.23. The summed E-state index contributed by atoms with van der Waals surface area (Å²) in [4.78, 5) is 14.2. The van der Waals surface area contributed by atoms with Gasteiger partial charge in [0.25, 0.3) is 0 Å². The van der Waals surface area contributed by atoms with Crippen LogP contribution in [0.5, 0.6) is 0 Å².